The van der Waals surface area contributed by atoms with E-state index in [2.05, 4.69) is 25.7 Å². The molecule has 3 aromatic heterocycles. The smallest absolute Gasteiger partial charge is 0.255 e. The molecule has 1 aliphatic carbocycles. The monoisotopic (exact) mass is 360 g/mol. The number of allylic oxidation sites excluding steroid dienone is 1. The first kappa shape index (κ1) is 16.6. The van der Waals surface area contributed by atoms with Crippen LogP contribution >= 0.6 is 0 Å². The van der Waals surface area contributed by atoms with Crippen molar-refractivity contribution in [1.82, 2.24) is 19.7 Å². The molecule has 1 unspecified atom stereocenters. The van der Waals surface area contributed by atoms with E-state index in [1.807, 2.05) is 12.2 Å². The lowest BCUT2D eigenvalue weighted by atomic mass is 9.94. The summed E-state index contributed by atoms with van der Waals surface area (Å²) in [6.45, 7) is 0. The molecule has 134 valence electrons. The van der Waals surface area contributed by atoms with E-state index in [0.717, 1.165) is 12.1 Å². The minimum Gasteiger partial charge on any atom is -0.321 e. The summed E-state index contributed by atoms with van der Waals surface area (Å²) >= 11 is 0. The number of hydrogen-bond donors (Lipinski definition) is 2. The first-order valence-corrected chi connectivity index (χ1v) is 8.39. The van der Waals surface area contributed by atoms with Gasteiger partial charge in [-0.15, -0.1) is 0 Å². The zero-order valence-electron chi connectivity index (χ0n) is 14.2. The van der Waals surface area contributed by atoms with Crippen LogP contribution in [0.5, 0.6) is 0 Å². The number of nitrogens with zero attached hydrogens (tertiary/aromatic N) is 4. The van der Waals surface area contributed by atoms with Crippen molar-refractivity contribution in [2.75, 3.05) is 10.6 Å². The van der Waals surface area contributed by atoms with Gasteiger partial charge < -0.3 is 10.6 Å². The van der Waals surface area contributed by atoms with Crippen LogP contribution in [-0.4, -0.2) is 31.6 Å². The number of anilines is 2. The second kappa shape index (κ2) is 7.20. The van der Waals surface area contributed by atoms with E-state index in [4.69, 9.17) is 0 Å². The molecule has 3 aromatic rings. The molecule has 4 rings (SSSR count). The largest absolute Gasteiger partial charge is 0.321 e. The van der Waals surface area contributed by atoms with Crippen LogP contribution in [-0.2, 0) is 4.79 Å². The molecule has 27 heavy (non-hydrogen) atoms. The van der Waals surface area contributed by atoms with Gasteiger partial charge in [-0.25, -0.2) is 9.67 Å². The van der Waals surface area contributed by atoms with Crippen LogP contribution in [0.25, 0.3) is 5.69 Å². The Morgan fingerprint density at radius 1 is 1.15 bits per heavy atom. The van der Waals surface area contributed by atoms with Gasteiger partial charge in [-0.05, 0) is 30.7 Å². The topological polar surface area (TPSA) is 102 Å². The minimum absolute atomic E-state index is 0.125. The summed E-state index contributed by atoms with van der Waals surface area (Å²) in [5.74, 6) is -0.230. The Kier molecular flexibility index (Phi) is 4.44. The summed E-state index contributed by atoms with van der Waals surface area (Å²) in [6, 6.07) is 6.70. The van der Waals surface area contributed by atoms with Gasteiger partial charge >= 0.3 is 0 Å². The Morgan fingerprint density at radius 3 is 2.78 bits per heavy atom. The molecule has 2 N–H and O–H groups in total. The fraction of sp³-hybridized carbons (Fsp3) is 0.105. The van der Waals surface area contributed by atoms with Crippen molar-refractivity contribution in [3.05, 3.63) is 73.0 Å². The first-order valence-electron chi connectivity index (χ1n) is 8.39. The zero-order chi connectivity index (χ0) is 18.6. The standard InChI is InChI=1S/C19H16N6O2/c26-18(13-3-1-4-13)24-17-9-14(5-7-21-17)19(27)23-15-10-16(12-20-11-15)25-8-2-6-22-25/h1-3,5-13H,4H2,(H,23,27)(H,21,24,26). The summed E-state index contributed by atoms with van der Waals surface area (Å²) in [7, 11) is 0. The maximum Gasteiger partial charge on any atom is 0.255 e. The van der Waals surface area contributed by atoms with Gasteiger partial charge in [0.05, 0.1) is 29.7 Å². The summed E-state index contributed by atoms with van der Waals surface area (Å²) < 4.78 is 1.65. The van der Waals surface area contributed by atoms with Gasteiger partial charge in [0.2, 0.25) is 5.91 Å². The summed E-state index contributed by atoms with van der Waals surface area (Å²) in [6.07, 6.45) is 12.6. The van der Waals surface area contributed by atoms with E-state index in [1.54, 1.807) is 53.7 Å². The van der Waals surface area contributed by atoms with E-state index in [1.165, 1.54) is 6.20 Å². The predicted octanol–water partition coefficient (Wildman–Crippen LogP) is 2.43. The molecule has 0 bridgehead atoms. The van der Waals surface area contributed by atoms with Crippen LogP contribution in [0.3, 0.4) is 0 Å². The Morgan fingerprint density at radius 2 is 2.04 bits per heavy atom. The highest BCUT2D eigenvalue weighted by Gasteiger charge is 2.20. The van der Waals surface area contributed by atoms with Gasteiger partial charge in [-0.2, -0.15) is 5.10 Å². The molecule has 8 heteroatoms. The molecule has 0 spiro atoms. The Labute approximate surface area is 155 Å². The summed E-state index contributed by atoms with van der Waals surface area (Å²) in [4.78, 5) is 32.8. The summed E-state index contributed by atoms with van der Waals surface area (Å²) in [5, 5.41) is 9.66. The number of carbonyl (C=O) groups is 2. The van der Waals surface area contributed by atoms with Crippen molar-refractivity contribution in [1.29, 1.82) is 0 Å². The lowest BCUT2D eigenvalue weighted by molar-refractivity contribution is -0.118. The number of amides is 2. The third-order valence-electron chi connectivity index (χ3n) is 4.12. The average molecular weight is 360 g/mol. The molecule has 3 heterocycles. The second-order valence-corrected chi connectivity index (χ2v) is 6.03. The third kappa shape index (κ3) is 3.74. The highest BCUT2D eigenvalue weighted by molar-refractivity contribution is 6.05. The molecule has 0 fully saturated rings. The van der Waals surface area contributed by atoms with Crippen LogP contribution in [0, 0.1) is 5.92 Å². The quantitative estimate of drug-likeness (QED) is 0.681. The minimum atomic E-state index is -0.323. The number of carbonyl (C=O) groups excluding carboxylic acids is 2. The Hall–Kier alpha value is -3.81. The highest BCUT2D eigenvalue weighted by atomic mass is 16.2. The van der Waals surface area contributed by atoms with Gasteiger partial charge in [0.25, 0.3) is 5.91 Å². The van der Waals surface area contributed by atoms with Crippen LogP contribution in [0.1, 0.15) is 16.8 Å². The highest BCUT2D eigenvalue weighted by Crippen LogP contribution is 2.19. The Balaban J connectivity index is 1.47. The van der Waals surface area contributed by atoms with Crippen LogP contribution in [0.15, 0.2) is 67.4 Å². The molecular weight excluding hydrogens is 344 g/mol. The molecule has 1 atom stereocenters. The third-order valence-corrected chi connectivity index (χ3v) is 4.12. The maximum absolute atomic E-state index is 12.5. The van der Waals surface area contributed by atoms with E-state index < -0.39 is 0 Å². The summed E-state index contributed by atoms with van der Waals surface area (Å²) in [5.41, 5.74) is 1.65. The molecule has 0 aliphatic heterocycles. The SMILES string of the molecule is O=C(Nc1cncc(-n2cccn2)c1)c1ccnc(NC(=O)C2C=CC2)c1. The maximum atomic E-state index is 12.5. The molecule has 2 amide bonds. The van der Waals surface area contributed by atoms with E-state index in [0.29, 0.717) is 17.1 Å². The van der Waals surface area contributed by atoms with Gasteiger partial charge in [0, 0.05) is 24.2 Å². The van der Waals surface area contributed by atoms with Crippen LogP contribution in [0.2, 0.25) is 0 Å². The molecule has 0 saturated heterocycles. The predicted molar refractivity (Wildman–Crippen MR) is 99.4 cm³/mol. The number of hydrogen-bond acceptors (Lipinski definition) is 5. The average Bonchev–Trinajstić information content (AvgIpc) is 3.15. The van der Waals surface area contributed by atoms with Crippen molar-refractivity contribution in [3.63, 3.8) is 0 Å². The van der Waals surface area contributed by atoms with E-state index >= 15 is 0 Å². The van der Waals surface area contributed by atoms with Gasteiger partial charge in [-0.3, -0.25) is 14.6 Å². The molecular formula is C19H16N6O2. The lowest BCUT2D eigenvalue weighted by Crippen LogP contribution is -2.24. The zero-order valence-corrected chi connectivity index (χ0v) is 14.2. The number of aromatic nitrogens is 4. The van der Waals surface area contributed by atoms with Crippen molar-refractivity contribution in [2.24, 2.45) is 5.92 Å². The molecule has 0 radical (unpaired) electrons. The van der Waals surface area contributed by atoms with Crippen molar-refractivity contribution < 1.29 is 9.59 Å². The second-order valence-electron chi connectivity index (χ2n) is 6.03. The van der Waals surface area contributed by atoms with Crippen molar-refractivity contribution in [3.8, 4) is 5.69 Å². The number of pyridine rings is 2. The van der Waals surface area contributed by atoms with Crippen LogP contribution < -0.4 is 10.6 Å². The van der Waals surface area contributed by atoms with Gasteiger partial charge in [0.1, 0.15) is 5.82 Å². The van der Waals surface area contributed by atoms with Gasteiger partial charge in [0.15, 0.2) is 0 Å². The Bertz CT molecular complexity index is 1010. The fourth-order valence-corrected chi connectivity index (χ4v) is 2.57. The number of rotatable bonds is 5. The van der Waals surface area contributed by atoms with E-state index in [-0.39, 0.29) is 17.7 Å². The molecule has 0 saturated carbocycles. The van der Waals surface area contributed by atoms with Gasteiger partial charge in [-0.1, -0.05) is 12.2 Å². The lowest BCUT2D eigenvalue weighted by Gasteiger charge is -2.16. The normalized spacial score (nSPS) is 15.0. The van der Waals surface area contributed by atoms with Crippen molar-refractivity contribution >= 4 is 23.3 Å². The molecule has 1 aliphatic rings. The molecule has 0 aromatic carbocycles. The van der Waals surface area contributed by atoms with E-state index in [9.17, 15) is 9.59 Å². The van der Waals surface area contributed by atoms with Crippen LogP contribution in [0.4, 0.5) is 11.5 Å². The molecule has 8 nitrogen and oxygen atoms in total. The fourth-order valence-electron chi connectivity index (χ4n) is 2.57. The number of nitrogens with one attached hydrogen (secondary N) is 2. The van der Waals surface area contributed by atoms with Crippen molar-refractivity contribution in [2.45, 2.75) is 6.42 Å². The first-order chi connectivity index (χ1) is 13.2.